The van der Waals surface area contributed by atoms with Crippen LogP contribution in [0.15, 0.2) is 0 Å². The van der Waals surface area contributed by atoms with Crippen LogP contribution in [-0.4, -0.2) is 18.9 Å². The predicted octanol–water partition coefficient (Wildman–Crippen LogP) is -0.614. The summed E-state index contributed by atoms with van der Waals surface area (Å²) >= 11 is 0. The molecule has 5 heteroatoms. The fourth-order valence-corrected chi connectivity index (χ4v) is 0.709. The first-order valence-corrected chi connectivity index (χ1v) is 3.49. The molecule has 0 aromatic heterocycles. The Morgan fingerprint density at radius 3 is 2.50 bits per heavy atom. The fraction of sp³-hybridized carbons (Fsp3) is 1.00. The molecule has 0 aromatic rings. The second kappa shape index (κ2) is 3.89. The maximum atomic E-state index is 11.9. The minimum Gasteiger partial charge on any atom is -0.595 e. The van der Waals surface area contributed by atoms with E-state index in [1.54, 1.807) is 0 Å². The summed E-state index contributed by atoms with van der Waals surface area (Å²) in [6.07, 6.45) is -1.85. The van der Waals surface area contributed by atoms with Crippen molar-refractivity contribution in [2.45, 2.75) is 6.17 Å². The van der Waals surface area contributed by atoms with Crippen LogP contribution in [0.25, 0.3) is 0 Å². The van der Waals surface area contributed by atoms with Gasteiger partial charge in [-0.1, -0.05) is 4.57 Å². The van der Waals surface area contributed by atoms with Gasteiger partial charge in [-0.3, -0.25) is 0 Å². The smallest absolute Gasteiger partial charge is 0.311 e. The molecule has 0 saturated carbocycles. The van der Waals surface area contributed by atoms with Gasteiger partial charge in [0.1, 0.15) is 0 Å². The lowest BCUT2D eigenvalue weighted by Gasteiger charge is -1.94. The molecule has 3 nitrogen and oxygen atoms in total. The van der Waals surface area contributed by atoms with Crippen LogP contribution < -0.4 is 10.6 Å². The van der Waals surface area contributed by atoms with Crippen LogP contribution in [0.4, 0.5) is 4.39 Å². The van der Waals surface area contributed by atoms with Crippen LogP contribution in [0.2, 0.25) is 0 Å². The SMILES string of the molecule is NCC(F)C[P+](=O)[O-]. The van der Waals surface area contributed by atoms with Crippen LogP contribution in [-0.2, 0) is 4.57 Å². The van der Waals surface area contributed by atoms with Crippen LogP contribution in [0.3, 0.4) is 0 Å². The van der Waals surface area contributed by atoms with Gasteiger partial charge < -0.3 is 10.6 Å². The van der Waals surface area contributed by atoms with E-state index in [4.69, 9.17) is 5.73 Å². The molecule has 2 N–H and O–H groups in total. The lowest BCUT2D eigenvalue weighted by molar-refractivity contribution is -0.164. The van der Waals surface area contributed by atoms with E-state index in [-0.39, 0.29) is 6.54 Å². The quantitative estimate of drug-likeness (QED) is 0.530. The molecule has 48 valence electrons. The van der Waals surface area contributed by atoms with E-state index in [1.165, 1.54) is 0 Å². The Labute approximate surface area is 47.6 Å². The van der Waals surface area contributed by atoms with Crippen molar-refractivity contribution in [3.63, 3.8) is 0 Å². The zero-order valence-corrected chi connectivity index (χ0v) is 5.11. The number of rotatable bonds is 3. The number of halogens is 1. The van der Waals surface area contributed by atoms with Gasteiger partial charge in [0, 0.05) is 6.54 Å². The molecule has 0 fully saturated rings. The molecule has 2 atom stereocenters. The molecule has 0 rings (SSSR count). The lowest BCUT2D eigenvalue weighted by atomic mass is 10.5. The standard InChI is InChI=1S/C3H7FNO2P/c4-3(1-5)2-8(6)7/h3H,1-2,5H2. The van der Waals surface area contributed by atoms with E-state index in [0.29, 0.717) is 0 Å². The van der Waals surface area contributed by atoms with Gasteiger partial charge in [-0.25, -0.2) is 4.39 Å². The van der Waals surface area contributed by atoms with E-state index in [1.807, 2.05) is 0 Å². The molecule has 0 radical (unpaired) electrons. The summed E-state index contributed by atoms with van der Waals surface area (Å²) in [6, 6.07) is 0. The molecule has 0 heterocycles. The van der Waals surface area contributed by atoms with Gasteiger partial charge in [0.25, 0.3) is 0 Å². The molecule has 0 aliphatic rings. The first-order valence-electron chi connectivity index (χ1n) is 2.12. The Balaban J connectivity index is 3.24. The second-order valence-electron chi connectivity index (χ2n) is 1.35. The summed E-state index contributed by atoms with van der Waals surface area (Å²) in [5, 5.41) is 0. The largest absolute Gasteiger partial charge is 0.595 e. The Bertz CT molecular complexity index is 89.4. The molecule has 0 aliphatic carbocycles. The van der Waals surface area contributed by atoms with Gasteiger partial charge in [-0.05, 0) is 0 Å². The van der Waals surface area contributed by atoms with Crippen molar-refractivity contribution in [3.05, 3.63) is 0 Å². The van der Waals surface area contributed by atoms with Gasteiger partial charge in [-0.15, -0.1) is 0 Å². The minimum atomic E-state index is -2.60. The van der Waals surface area contributed by atoms with Crippen molar-refractivity contribution in [2.75, 3.05) is 12.7 Å². The maximum absolute atomic E-state index is 11.9. The number of hydrogen-bond acceptors (Lipinski definition) is 3. The van der Waals surface area contributed by atoms with E-state index in [0.717, 1.165) is 0 Å². The first kappa shape index (κ1) is 7.95. The molecule has 0 saturated heterocycles. The Hall–Kier alpha value is -0.0500. The maximum Gasteiger partial charge on any atom is 0.311 e. The summed E-state index contributed by atoms with van der Waals surface area (Å²) in [7, 11) is -2.60. The highest BCUT2D eigenvalue weighted by atomic mass is 31.1. The van der Waals surface area contributed by atoms with Gasteiger partial charge in [0.2, 0.25) is 0 Å². The van der Waals surface area contributed by atoms with Crippen molar-refractivity contribution in [3.8, 4) is 0 Å². The van der Waals surface area contributed by atoms with Crippen LogP contribution in [0.1, 0.15) is 0 Å². The van der Waals surface area contributed by atoms with E-state index < -0.39 is 20.4 Å². The average molecular weight is 139 g/mol. The average Bonchev–Trinajstić information content (AvgIpc) is 1.65. The summed E-state index contributed by atoms with van der Waals surface area (Å²) in [5.74, 6) is 0. The van der Waals surface area contributed by atoms with Gasteiger partial charge in [0.15, 0.2) is 12.3 Å². The Morgan fingerprint density at radius 2 is 2.38 bits per heavy atom. The molecular weight excluding hydrogens is 132 g/mol. The second-order valence-corrected chi connectivity index (χ2v) is 2.38. The Kier molecular flexibility index (Phi) is 3.87. The normalized spacial score (nSPS) is 15.6. The lowest BCUT2D eigenvalue weighted by Crippen LogP contribution is -2.18. The van der Waals surface area contributed by atoms with E-state index >= 15 is 0 Å². The van der Waals surface area contributed by atoms with Gasteiger partial charge in [-0.2, -0.15) is 0 Å². The van der Waals surface area contributed by atoms with Crippen LogP contribution in [0.5, 0.6) is 0 Å². The summed E-state index contributed by atoms with van der Waals surface area (Å²) in [6.45, 7) is -0.219. The number of alkyl halides is 1. The van der Waals surface area contributed by atoms with Crippen LogP contribution in [0, 0.1) is 0 Å². The molecule has 2 unspecified atom stereocenters. The van der Waals surface area contributed by atoms with Crippen LogP contribution >= 0.6 is 8.03 Å². The number of hydrogen-bond donors (Lipinski definition) is 1. The zero-order valence-electron chi connectivity index (χ0n) is 4.21. The summed E-state index contributed by atoms with van der Waals surface area (Å²) in [5.41, 5.74) is 4.78. The zero-order chi connectivity index (χ0) is 6.57. The van der Waals surface area contributed by atoms with Crippen molar-refractivity contribution in [2.24, 2.45) is 5.73 Å². The highest BCUT2D eigenvalue weighted by Gasteiger charge is 2.11. The van der Waals surface area contributed by atoms with Crippen molar-refractivity contribution >= 4 is 8.03 Å². The topological polar surface area (TPSA) is 66.2 Å². The van der Waals surface area contributed by atoms with E-state index in [9.17, 15) is 13.8 Å². The summed E-state index contributed by atoms with van der Waals surface area (Å²) < 4.78 is 21.6. The highest BCUT2D eigenvalue weighted by molar-refractivity contribution is 7.36. The van der Waals surface area contributed by atoms with Crippen molar-refractivity contribution in [1.82, 2.24) is 0 Å². The van der Waals surface area contributed by atoms with Gasteiger partial charge >= 0.3 is 8.03 Å². The molecule has 0 aliphatic heterocycles. The third-order valence-electron chi connectivity index (χ3n) is 0.603. The van der Waals surface area contributed by atoms with E-state index in [2.05, 4.69) is 0 Å². The monoisotopic (exact) mass is 139 g/mol. The Morgan fingerprint density at radius 1 is 1.88 bits per heavy atom. The molecule has 0 aromatic carbocycles. The summed E-state index contributed by atoms with van der Waals surface area (Å²) in [4.78, 5) is 9.71. The molecule has 0 amide bonds. The first-order chi connectivity index (χ1) is 3.66. The number of nitrogens with two attached hydrogens (primary N) is 1. The molecule has 0 spiro atoms. The molecular formula is C3H7FNO2P. The molecule has 8 heavy (non-hydrogen) atoms. The minimum absolute atomic E-state index is 0.219. The predicted molar refractivity (Wildman–Crippen MR) is 26.4 cm³/mol. The van der Waals surface area contributed by atoms with Crippen molar-refractivity contribution in [1.29, 1.82) is 0 Å². The van der Waals surface area contributed by atoms with Crippen molar-refractivity contribution < 1.29 is 13.8 Å². The fourth-order valence-electron chi connectivity index (χ4n) is 0.236. The third kappa shape index (κ3) is 4.12. The molecule has 0 bridgehead atoms. The van der Waals surface area contributed by atoms with Gasteiger partial charge in [0.05, 0.1) is 0 Å². The highest BCUT2D eigenvalue weighted by Crippen LogP contribution is 2.09. The third-order valence-corrected chi connectivity index (χ3v) is 1.30.